The van der Waals surface area contributed by atoms with E-state index >= 15 is 0 Å². The molecule has 24 heavy (non-hydrogen) atoms. The van der Waals surface area contributed by atoms with E-state index < -0.39 is 0 Å². The Morgan fingerprint density at radius 1 is 1.04 bits per heavy atom. The van der Waals surface area contributed by atoms with Crippen molar-refractivity contribution in [3.63, 3.8) is 0 Å². The van der Waals surface area contributed by atoms with Gasteiger partial charge in [0.2, 0.25) is 11.8 Å². The molecule has 2 aromatic carbocycles. The number of carbonyl (C=O) groups is 2. The van der Waals surface area contributed by atoms with Crippen molar-refractivity contribution in [2.24, 2.45) is 0 Å². The van der Waals surface area contributed by atoms with Crippen molar-refractivity contribution in [1.82, 2.24) is 0 Å². The zero-order valence-corrected chi connectivity index (χ0v) is 14.5. The van der Waals surface area contributed by atoms with E-state index in [1.807, 2.05) is 55.5 Å². The van der Waals surface area contributed by atoms with Gasteiger partial charge in [-0.3, -0.25) is 9.59 Å². The number of benzene rings is 2. The van der Waals surface area contributed by atoms with Crippen LogP contribution >= 0.6 is 0 Å². The third-order valence-corrected chi connectivity index (χ3v) is 4.02. The molecule has 0 saturated heterocycles. The molecule has 0 unspecified atom stereocenters. The van der Waals surface area contributed by atoms with Crippen molar-refractivity contribution in [1.29, 1.82) is 0 Å². The van der Waals surface area contributed by atoms with Crippen LogP contribution in [0.25, 0.3) is 0 Å². The fraction of sp³-hybridized carbons (Fsp3) is 0.300. The van der Waals surface area contributed by atoms with Crippen LogP contribution in [-0.4, -0.2) is 18.4 Å². The van der Waals surface area contributed by atoms with Crippen LogP contribution in [0.5, 0.6) is 0 Å². The normalized spacial score (nSPS) is 10.3. The first-order valence-electron chi connectivity index (χ1n) is 8.24. The Balaban J connectivity index is 2.03. The lowest BCUT2D eigenvalue weighted by Gasteiger charge is -2.23. The van der Waals surface area contributed by atoms with Crippen LogP contribution in [-0.2, 0) is 16.0 Å². The number of rotatable bonds is 6. The Labute approximate surface area is 143 Å². The monoisotopic (exact) mass is 324 g/mol. The maximum absolute atomic E-state index is 12.3. The summed E-state index contributed by atoms with van der Waals surface area (Å²) in [6.07, 6.45) is 1.12. The smallest absolute Gasteiger partial charge is 0.226 e. The lowest BCUT2D eigenvalue weighted by molar-refractivity contribution is -0.117. The van der Waals surface area contributed by atoms with Crippen LogP contribution in [0.4, 0.5) is 11.4 Å². The van der Waals surface area contributed by atoms with Gasteiger partial charge in [-0.05, 0) is 36.6 Å². The molecule has 0 aliphatic rings. The van der Waals surface area contributed by atoms with E-state index in [1.54, 1.807) is 4.90 Å². The summed E-state index contributed by atoms with van der Waals surface area (Å²) in [5.41, 5.74) is 3.82. The molecule has 0 spiro atoms. The van der Waals surface area contributed by atoms with E-state index in [9.17, 15) is 9.59 Å². The first-order chi connectivity index (χ1) is 11.5. The van der Waals surface area contributed by atoms with E-state index in [0.29, 0.717) is 6.54 Å². The molecule has 0 bridgehead atoms. The number of aryl methyl sites for hydroxylation is 2. The van der Waals surface area contributed by atoms with E-state index in [0.717, 1.165) is 28.9 Å². The first-order valence-corrected chi connectivity index (χ1v) is 8.24. The average Bonchev–Trinajstić information content (AvgIpc) is 2.57. The molecular formula is C20H24N2O2. The number of hydrogen-bond acceptors (Lipinski definition) is 2. The second-order valence-corrected chi connectivity index (χ2v) is 5.77. The molecule has 4 heteroatoms. The number of amides is 2. The SMILES string of the molecule is CCc1ccccc1NC(=O)CCN(C(C)=O)c1ccccc1C. The summed E-state index contributed by atoms with van der Waals surface area (Å²) >= 11 is 0. The second-order valence-electron chi connectivity index (χ2n) is 5.77. The minimum absolute atomic E-state index is 0.0638. The minimum atomic E-state index is -0.0873. The van der Waals surface area contributed by atoms with Crippen molar-refractivity contribution >= 4 is 23.2 Å². The molecule has 2 amide bonds. The Kier molecular flexibility index (Phi) is 6.13. The number of anilines is 2. The molecule has 2 rings (SSSR count). The van der Waals surface area contributed by atoms with Gasteiger partial charge in [-0.1, -0.05) is 43.3 Å². The highest BCUT2D eigenvalue weighted by Gasteiger charge is 2.15. The van der Waals surface area contributed by atoms with Crippen molar-refractivity contribution in [2.45, 2.75) is 33.6 Å². The van der Waals surface area contributed by atoms with Crippen LogP contribution in [0.3, 0.4) is 0 Å². The van der Waals surface area contributed by atoms with Crippen LogP contribution in [0.2, 0.25) is 0 Å². The van der Waals surface area contributed by atoms with Gasteiger partial charge in [0.25, 0.3) is 0 Å². The lowest BCUT2D eigenvalue weighted by Crippen LogP contribution is -2.32. The van der Waals surface area contributed by atoms with Gasteiger partial charge in [0, 0.05) is 31.3 Å². The topological polar surface area (TPSA) is 49.4 Å². The third kappa shape index (κ3) is 4.44. The number of para-hydroxylation sites is 2. The van der Waals surface area contributed by atoms with E-state index in [1.165, 1.54) is 6.92 Å². The molecule has 0 atom stereocenters. The number of hydrogen-bond donors (Lipinski definition) is 1. The summed E-state index contributed by atoms with van der Waals surface area (Å²) in [5, 5.41) is 2.94. The minimum Gasteiger partial charge on any atom is -0.326 e. The van der Waals surface area contributed by atoms with Gasteiger partial charge in [0.05, 0.1) is 0 Å². The Bertz CT molecular complexity index is 725. The first kappa shape index (κ1) is 17.7. The fourth-order valence-electron chi connectivity index (χ4n) is 2.69. The number of nitrogens with zero attached hydrogens (tertiary/aromatic N) is 1. The van der Waals surface area contributed by atoms with Crippen LogP contribution in [0.15, 0.2) is 48.5 Å². The molecule has 1 N–H and O–H groups in total. The van der Waals surface area contributed by atoms with Crippen LogP contribution in [0, 0.1) is 6.92 Å². The summed E-state index contributed by atoms with van der Waals surface area (Å²) in [4.78, 5) is 25.9. The molecule has 126 valence electrons. The van der Waals surface area contributed by atoms with Gasteiger partial charge in [0.15, 0.2) is 0 Å². The molecule has 0 aliphatic heterocycles. The number of carbonyl (C=O) groups excluding carboxylic acids is 2. The molecule has 0 heterocycles. The van der Waals surface area contributed by atoms with Gasteiger partial charge in [-0.15, -0.1) is 0 Å². The molecule has 0 aromatic heterocycles. The van der Waals surface area contributed by atoms with Gasteiger partial charge < -0.3 is 10.2 Å². The highest BCUT2D eigenvalue weighted by atomic mass is 16.2. The second kappa shape index (κ2) is 8.29. The summed E-state index contributed by atoms with van der Waals surface area (Å²) < 4.78 is 0. The van der Waals surface area contributed by atoms with Crippen molar-refractivity contribution in [2.75, 3.05) is 16.8 Å². The Morgan fingerprint density at radius 2 is 1.71 bits per heavy atom. The standard InChI is InChI=1S/C20H24N2O2/c1-4-17-10-6-7-11-18(17)21-20(24)13-14-22(16(3)23)19-12-8-5-9-15(19)2/h5-12H,4,13-14H2,1-3H3,(H,21,24). The summed E-state index contributed by atoms with van der Waals surface area (Å²) in [7, 11) is 0. The van der Waals surface area contributed by atoms with Crippen LogP contribution < -0.4 is 10.2 Å². The summed E-state index contributed by atoms with van der Waals surface area (Å²) in [6.45, 7) is 5.90. The Morgan fingerprint density at radius 3 is 2.38 bits per heavy atom. The quantitative estimate of drug-likeness (QED) is 0.875. The van der Waals surface area contributed by atoms with E-state index in [4.69, 9.17) is 0 Å². The van der Waals surface area contributed by atoms with Crippen molar-refractivity contribution in [3.05, 3.63) is 59.7 Å². The predicted molar refractivity (Wildman–Crippen MR) is 98.3 cm³/mol. The van der Waals surface area contributed by atoms with Gasteiger partial charge >= 0.3 is 0 Å². The molecule has 4 nitrogen and oxygen atoms in total. The van der Waals surface area contributed by atoms with Gasteiger partial charge in [-0.25, -0.2) is 0 Å². The zero-order valence-electron chi connectivity index (χ0n) is 14.5. The zero-order chi connectivity index (χ0) is 17.5. The molecular weight excluding hydrogens is 300 g/mol. The largest absolute Gasteiger partial charge is 0.326 e. The van der Waals surface area contributed by atoms with Crippen molar-refractivity contribution in [3.8, 4) is 0 Å². The third-order valence-electron chi connectivity index (χ3n) is 4.02. The lowest BCUT2D eigenvalue weighted by atomic mass is 10.1. The summed E-state index contributed by atoms with van der Waals surface area (Å²) in [6, 6.07) is 15.5. The van der Waals surface area contributed by atoms with Gasteiger partial charge in [-0.2, -0.15) is 0 Å². The molecule has 0 aliphatic carbocycles. The average molecular weight is 324 g/mol. The van der Waals surface area contributed by atoms with E-state index in [-0.39, 0.29) is 18.2 Å². The number of nitrogens with one attached hydrogen (secondary N) is 1. The van der Waals surface area contributed by atoms with Crippen molar-refractivity contribution < 1.29 is 9.59 Å². The highest BCUT2D eigenvalue weighted by molar-refractivity contribution is 5.95. The maximum atomic E-state index is 12.3. The molecule has 2 aromatic rings. The maximum Gasteiger partial charge on any atom is 0.226 e. The predicted octanol–water partition coefficient (Wildman–Crippen LogP) is 3.94. The fourth-order valence-corrected chi connectivity index (χ4v) is 2.69. The van der Waals surface area contributed by atoms with E-state index in [2.05, 4.69) is 12.2 Å². The van der Waals surface area contributed by atoms with Crippen LogP contribution in [0.1, 0.15) is 31.4 Å². The Hall–Kier alpha value is -2.62. The highest BCUT2D eigenvalue weighted by Crippen LogP contribution is 2.20. The molecule has 0 fully saturated rings. The molecule has 0 saturated carbocycles. The van der Waals surface area contributed by atoms with Gasteiger partial charge in [0.1, 0.15) is 0 Å². The molecule has 0 radical (unpaired) electrons. The summed E-state index contributed by atoms with van der Waals surface area (Å²) in [5.74, 6) is -0.151.